The number of hydrogen-bond donors (Lipinski definition) is 2. The lowest BCUT2D eigenvalue weighted by Crippen LogP contribution is -2.49. The molecular weight excluding hydrogens is 721 g/mol. The van der Waals surface area contributed by atoms with Crippen LogP contribution in [0.3, 0.4) is 0 Å². The van der Waals surface area contributed by atoms with E-state index in [2.05, 4.69) is 25.5 Å². The number of hydrogen-bond acceptors (Lipinski definition) is 11. The quantitative estimate of drug-likeness (QED) is 0.153. The van der Waals surface area contributed by atoms with Crippen molar-refractivity contribution >= 4 is 56.4 Å². The number of anilines is 5. The largest absolute Gasteiger partial charge is 0.494 e. The average Bonchev–Trinajstić information content (AvgIpc) is 3.16. The highest BCUT2D eigenvalue weighted by Crippen LogP contribution is 2.36. The fraction of sp³-hybridized carbons (Fsp3) is 0.395. The molecule has 2 aliphatic rings. The SMILES string of the molecule is COc1cc(N2CCN(CC3CCN(C(=O)OCc4ccccc4)CC3)CC2)c(F)cc1Nc1ncc(Cl)c(Nc2ccccc2S(=O)(=O)C(C)C)n1. The Kier molecular flexibility index (Phi) is 12.2. The summed E-state index contributed by atoms with van der Waals surface area (Å²) in [7, 11) is -2.08. The number of carbonyl (C=O) groups is 1. The first-order valence-corrected chi connectivity index (χ1v) is 19.6. The Labute approximate surface area is 315 Å². The van der Waals surface area contributed by atoms with Gasteiger partial charge in [-0.15, -0.1) is 0 Å². The van der Waals surface area contributed by atoms with Crippen LogP contribution in [-0.4, -0.2) is 92.5 Å². The lowest BCUT2D eigenvalue weighted by atomic mass is 9.96. The molecule has 0 unspecified atom stereocenters. The number of methoxy groups -OCH3 is 1. The molecule has 15 heteroatoms. The molecule has 3 heterocycles. The molecule has 282 valence electrons. The Bertz CT molecular complexity index is 1990. The molecule has 53 heavy (non-hydrogen) atoms. The topological polar surface area (TPSA) is 129 Å². The Balaban J connectivity index is 1.03. The number of nitrogens with zero attached hydrogens (tertiary/aromatic N) is 5. The van der Waals surface area contributed by atoms with Crippen molar-refractivity contribution in [1.29, 1.82) is 0 Å². The Hall–Kier alpha value is -4.66. The maximum absolute atomic E-state index is 15.7. The summed E-state index contributed by atoms with van der Waals surface area (Å²) in [5.41, 5.74) is 2.05. The van der Waals surface area contributed by atoms with E-state index in [9.17, 15) is 13.2 Å². The van der Waals surface area contributed by atoms with E-state index in [-0.39, 0.29) is 34.4 Å². The van der Waals surface area contributed by atoms with Gasteiger partial charge >= 0.3 is 6.09 Å². The molecule has 0 aliphatic carbocycles. The summed E-state index contributed by atoms with van der Waals surface area (Å²) >= 11 is 6.40. The van der Waals surface area contributed by atoms with Crippen molar-refractivity contribution in [2.24, 2.45) is 5.92 Å². The molecule has 2 saturated heterocycles. The second-order valence-electron chi connectivity index (χ2n) is 13.5. The molecule has 1 aromatic heterocycles. The highest BCUT2D eigenvalue weighted by molar-refractivity contribution is 7.92. The van der Waals surface area contributed by atoms with Crippen LogP contribution in [-0.2, 0) is 21.2 Å². The van der Waals surface area contributed by atoms with Crippen molar-refractivity contribution in [2.75, 3.05) is 68.5 Å². The number of benzene rings is 3. The van der Waals surface area contributed by atoms with E-state index in [1.807, 2.05) is 35.2 Å². The molecule has 12 nitrogen and oxygen atoms in total. The van der Waals surface area contributed by atoms with Crippen LogP contribution in [0.2, 0.25) is 5.02 Å². The van der Waals surface area contributed by atoms with Gasteiger partial charge in [-0.3, -0.25) is 4.90 Å². The first-order valence-electron chi connectivity index (χ1n) is 17.7. The van der Waals surface area contributed by atoms with Crippen molar-refractivity contribution in [1.82, 2.24) is 19.8 Å². The zero-order chi connectivity index (χ0) is 37.5. The maximum atomic E-state index is 15.7. The maximum Gasteiger partial charge on any atom is 0.410 e. The van der Waals surface area contributed by atoms with Gasteiger partial charge in [-0.05, 0) is 50.3 Å². The highest BCUT2D eigenvalue weighted by Gasteiger charge is 2.28. The summed E-state index contributed by atoms with van der Waals surface area (Å²) in [6, 6.07) is 19.2. The number of halogens is 2. The third-order valence-electron chi connectivity index (χ3n) is 9.63. The van der Waals surface area contributed by atoms with Crippen LogP contribution in [0.5, 0.6) is 5.75 Å². The number of likely N-dealkylation sites (tertiary alicyclic amines) is 1. The van der Waals surface area contributed by atoms with Gasteiger partial charge in [0.1, 0.15) is 23.2 Å². The summed E-state index contributed by atoms with van der Waals surface area (Å²) in [5.74, 6) is 0.745. The number of piperazine rings is 1. The van der Waals surface area contributed by atoms with E-state index in [0.29, 0.717) is 54.9 Å². The van der Waals surface area contributed by atoms with Crippen molar-refractivity contribution in [3.05, 3.63) is 89.3 Å². The fourth-order valence-electron chi connectivity index (χ4n) is 6.53. The van der Waals surface area contributed by atoms with E-state index in [4.69, 9.17) is 21.1 Å². The second kappa shape index (κ2) is 17.0. The number of amides is 1. The molecule has 0 spiro atoms. The number of rotatable bonds is 12. The predicted octanol–water partition coefficient (Wildman–Crippen LogP) is 7.12. The molecular formula is C38H45ClFN7O5S. The number of carbonyl (C=O) groups excluding carboxylic acids is 1. The lowest BCUT2D eigenvalue weighted by molar-refractivity contribution is 0.0767. The van der Waals surface area contributed by atoms with Crippen LogP contribution in [0.4, 0.5) is 38.0 Å². The van der Waals surface area contributed by atoms with Gasteiger partial charge in [0, 0.05) is 57.9 Å². The first-order chi connectivity index (χ1) is 25.5. The average molecular weight is 766 g/mol. The number of piperidine rings is 1. The minimum Gasteiger partial charge on any atom is -0.494 e. The molecule has 0 atom stereocenters. The minimum atomic E-state index is -3.59. The summed E-state index contributed by atoms with van der Waals surface area (Å²) in [6.45, 7) is 8.69. The van der Waals surface area contributed by atoms with Gasteiger partial charge < -0.3 is 29.9 Å². The fourth-order valence-corrected chi connectivity index (χ4v) is 7.87. The minimum absolute atomic E-state index is 0.107. The zero-order valence-electron chi connectivity index (χ0n) is 30.1. The first kappa shape index (κ1) is 38.1. The summed E-state index contributed by atoms with van der Waals surface area (Å²) < 4.78 is 52.8. The van der Waals surface area contributed by atoms with Gasteiger partial charge in [0.05, 0.1) is 40.5 Å². The van der Waals surface area contributed by atoms with Crippen molar-refractivity contribution in [3.8, 4) is 5.75 Å². The Morgan fingerprint density at radius 2 is 1.66 bits per heavy atom. The molecule has 0 bridgehead atoms. The Morgan fingerprint density at radius 3 is 2.36 bits per heavy atom. The molecule has 0 saturated carbocycles. The highest BCUT2D eigenvalue weighted by atomic mass is 35.5. The van der Waals surface area contributed by atoms with Gasteiger partial charge in [-0.1, -0.05) is 54.1 Å². The molecule has 6 rings (SSSR count). The van der Waals surface area contributed by atoms with E-state index < -0.39 is 20.9 Å². The molecule has 2 N–H and O–H groups in total. The van der Waals surface area contributed by atoms with Crippen molar-refractivity contribution < 1.29 is 27.1 Å². The summed E-state index contributed by atoms with van der Waals surface area (Å²) in [6.07, 6.45) is 2.95. The van der Waals surface area contributed by atoms with Crippen LogP contribution in [0, 0.1) is 11.7 Å². The van der Waals surface area contributed by atoms with Crippen molar-refractivity contribution in [2.45, 2.75) is 43.4 Å². The van der Waals surface area contributed by atoms with Gasteiger partial charge in [0.2, 0.25) is 5.95 Å². The standard InChI is InChI=1S/C38H45ClFN7O5S/c1-26(2)53(49,50)35-12-8-7-11-31(35)42-36-29(39)23-41-37(44-36)43-32-21-30(40)33(22-34(32)51-3)46-19-17-45(18-20-46)24-27-13-15-47(16-14-27)38(48)52-25-28-9-5-4-6-10-28/h4-12,21-23,26-27H,13-20,24-25H2,1-3H3,(H2,41,42,43,44). The van der Waals surface area contributed by atoms with Gasteiger partial charge in [-0.25, -0.2) is 22.6 Å². The van der Waals surface area contributed by atoms with E-state index in [1.165, 1.54) is 25.4 Å². The van der Waals surface area contributed by atoms with Gasteiger partial charge in [0.15, 0.2) is 15.7 Å². The number of ether oxygens (including phenoxy) is 2. The summed E-state index contributed by atoms with van der Waals surface area (Å²) in [5, 5.41) is 5.59. The third kappa shape index (κ3) is 9.29. The third-order valence-corrected chi connectivity index (χ3v) is 12.1. The van der Waals surface area contributed by atoms with Crippen LogP contribution in [0.15, 0.2) is 77.8 Å². The molecule has 3 aromatic carbocycles. The van der Waals surface area contributed by atoms with E-state index in [0.717, 1.165) is 38.0 Å². The summed E-state index contributed by atoms with van der Waals surface area (Å²) in [4.78, 5) is 27.6. The van der Waals surface area contributed by atoms with E-state index >= 15 is 4.39 Å². The van der Waals surface area contributed by atoms with Crippen LogP contribution < -0.4 is 20.3 Å². The van der Waals surface area contributed by atoms with Gasteiger partial charge in [0.25, 0.3) is 0 Å². The lowest BCUT2D eigenvalue weighted by Gasteiger charge is -2.39. The molecule has 0 radical (unpaired) electrons. The molecule has 1 amide bonds. The molecule has 2 aliphatic heterocycles. The normalized spacial score (nSPS) is 15.7. The zero-order valence-corrected chi connectivity index (χ0v) is 31.7. The van der Waals surface area contributed by atoms with Crippen molar-refractivity contribution in [3.63, 3.8) is 0 Å². The smallest absolute Gasteiger partial charge is 0.410 e. The molecule has 4 aromatic rings. The number of sulfone groups is 1. The molecule has 2 fully saturated rings. The van der Waals surface area contributed by atoms with Crippen LogP contribution >= 0.6 is 11.6 Å². The number of aromatic nitrogens is 2. The number of para-hydroxylation sites is 1. The van der Waals surface area contributed by atoms with E-state index in [1.54, 1.807) is 43.0 Å². The monoisotopic (exact) mass is 765 g/mol. The van der Waals surface area contributed by atoms with Gasteiger partial charge in [-0.2, -0.15) is 4.98 Å². The van der Waals surface area contributed by atoms with Crippen LogP contribution in [0.25, 0.3) is 0 Å². The predicted molar refractivity (Wildman–Crippen MR) is 205 cm³/mol. The Morgan fingerprint density at radius 1 is 0.962 bits per heavy atom. The number of nitrogens with one attached hydrogen (secondary N) is 2. The van der Waals surface area contributed by atoms with Crippen LogP contribution in [0.1, 0.15) is 32.3 Å². The second-order valence-corrected chi connectivity index (χ2v) is 16.4.